The van der Waals surface area contributed by atoms with Gasteiger partial charge in [0.1, 0.15) is 0 Å². The molecule has 0 N–H and O–H groups in total. The van der Waals surface area contributed by atoms with Crippen LogP contribution in [0.2, 0.25) is 5.02 Å². The minimum absolute atomic E-state index is 0.0383. The number of carbonyl (C=O) groups excluding carboxylic acids is 2. The molecule has 0 aromatic heterocycles. The fourth-order valence-electron chi connectivity index (χ4n) is 6.31. The van der Waals surface area contributed by atoms with Crippen LogP contribution >= 0.6 is 11.6 Å². The monoisotopic (exact) mass is 580 g/mol. The third kappa shape index (κ3) is 7.82. The first-order valence-corrected chi connectivity index (χ1v) is 15.9. The molecule has 2 aromatic carbocycles. The van der Waals surface area contributed by atoms with Gasteiger partial charge in [0, 0.05) is 70.7 Å². The van der Waals surface area contributed by atoms with E-state index in [1.165, 1.54) is 24.8 Å². The van der Waals surface area contributed by atoms with E-state index in [1.54, 1.807) is 6.92 Å². The number of fused-ring (bicyclic) bond motifs is 1. The molecule has 2 fully saturated rings. The van der Waals surface area contributed by atoms with Crippen molar-refractivity contribution in [2.45, 2.75) is 71.4 Å². The molecule has 0 saturated carbocycles. The number of amides is 2. The maximum absolute atomic E-state index is 14.2. The van der Waals surface area contributed by atoms with Crippen LogP contribution in [0.25, 0.3) is 0 Å². The first-order chi connectivity index (χ1) is 20.0. The predicted octanol–water partition coefficient (Wildman–Crippen LogP) is 6.12. The van der Waals surface area contributed by atoms with E-state index in [9.17, 15) is 9.59 Å². The number of carbonyl (C=O) groups is 2. The van der Waals surface area contributed by atoms with Gasteiger partial charge in [-0.3, -0.25) is 14.5 Å². The van der Waals surface area contributed by atoms with Crippen molar-refractivity contribution in [1.82, 2.24) is 9.80 Å². The average molecular weight is 581 g/mol. The molecule has 7 nitrogen and oxygen atoms in total. The fraction of sp³-hybridized carbons (Fsp3) is 0.576. The van der Waals surface area contributed by atoms with Gasteiger partial charge in [-0.2, -0.15) is 0 Å². The highest BCUT2D eigenvalue weighted by Gasteiger charge is 2.25. The Morgan fingerprint density at radius 2 is 1.49 bits per heavy atom. The molecule has 0 spiro atoms. The van der Waals surface area contributed by atoms with Crippen LogP contribution in [-0.2, 0) is 22.6 Å². The second kappa shape index (κ2) is 14.5. The highest BCUT2D eigenvalue weighted by Crippen LogP contribution is 2.30. The summed E-state index contributed by atoms with van der Waals surface area (Å²) in [6.45, 7) is 9.63. The van der Waals surface area contributed by atoms with Crippen LogP contribution in [0.15, 0.2) is 36.4 Å². The third-order valence-electron chi connectivity index (χ3n) is 8.69. The van der Waals surface area contributed by atoms with Gasteiger partial charge < -0.3 is 19.4 Å². The number of anilines is 2. The normalized spacial score (nSPS) is 19.7. The lowest BCUT2D eigenvalue weighted by Gasteiger charge is -2.31. The van der Waals surface area contributed by atoms with Crippen molar-refractivity contribution in [3.63, 3.8) is 0 Å². The Morgan fingerprint density at radius 3 is 2.24 bits per heavy atom. The van der Waals surface area contributed by atoms with Crippen molar-refractivity contribution in [2.24, 2.45) is 0 Å². The lowest BCUT2D eigenvalue weighted by molar-refractivity contribution is -0.116. The Kier molecular flexibility index (Phi) is 10.6. The molecule has 41 heavy (non-hydrogen) atoms. The standard InChI is InChI=1S/C33H45ClN4O3/c1-26(39)38-17-9-4-2-3-6-16-37(25-28-11-10-27(22-32(28)38)24-35-18-20-41-21-19-35)33(40)30-23-29(12-13-31(30)34)36-14-7-5-8-15-36/h10-13,22-23H,2-9,14-21,24-25H2,1H3. The molecular weight excluding hydrogens is 536 g/mol. The second-order valence-corrected chi connectivity index (χ2v) is 12.1. The number of hydrogen-bond acceptors (Lipinski definition) is 5. The van der Waals surface area contributed by atoms with Gasteiger partial charge in [0.05, 0.1) is 23.8 Å². The maximum Gasteiger partial charge on any atom is 0.255 e. The summed E-state index contributed by atoms with van der Waals surface area (Å²) in [5, 5.41) is 0.494. The zero-order valence-corrected chi connectivity index (χ0v) is 25.3. The molecule has 3 aliphatic rings. The first-order valence-electron chi connectivity index (χ1n) is 15.5. The van der Waals surface area contributed by atoms with Crippen LogP contribution in [0, 0.1) is 0 Å². The molecule has 0 bridgehead atoms. The molecule has 0 atom stereocenters. The van der Waals surface area contributed by atoms with E-state index < -0.39 is 0 Å². The zero-order chi connectivity index (χ0) is 28.6. The van der Waals surface area contributed by atoms with Crippen LogP contribution in [0.3, 0.4) is 0 Å². The quantitative estimate of drug-likeness (QED) is 0.436. The summed E-state index contributed by atoms with van der Waals surface area (Å²) in [5.74, 6) is 0.00521. The highest BCUT2D eigenvalue weighted by molar-refractivity contribution is 6.34. The maximum atomic E-state index is 14.2. The molecule has 0 aliphatic carbocycles. The molecule has 2 aromatic rings. The number of piperidine rings is 1. The molecule has 0 radical (unpaired) electrons. The summed E-state index contributed by atoms with van der Waals surface area (Å²) < 4.78 is 5.53. The Balaban J connectivity index is 1.46. The van der Waals surface area contributed by atoms with Crippen molar-refractivity contribution in [3.05, 3.63) is 58.1 Å². The summed E-state index contributed by atoms with van der Waals surface area (Å²) in [5.41, 5.74) is 4.75. The first kappa shape index (κ1) is 29.9. The average Bonchev–Trinajstić information content (AvgIpc) is 2.98. The van der Waals surface area contributed by atoms with Crippen molar-refractivity contribution < 1.29 is 14.3 Å². The van der Waals surface area contributed by atoms with Gasteiger partial charge in [0.25, 0.3) is 5.91 Å². The molecule has 222 valence electrons. The van der Waals surface area contributed by atoms with Crippen LogP contribution < -0.4 is 9.80 Å². The summed E-state index contributed by atoms with van der Waals surface area (Å²) in [7, 11) is 0. The molecule has 3 aliphatic heterocycles. The Labute approximate surface area is 250 Å². The van der Waals surface area contributed by atoms with Crippen molar-refractivity contribution >= 4 is 34.8 Å². The topological polar surface area (TPSA) is 56.3 Å². The van der Waals surface area contributed by atoms with Gasteiger partial charge in [-0.05, 0) is 67.5 Å². The smallest absolute Gasteiger partial charge is 0.255 e. The predicted molar refractivity (Wildman–Crippen MR) is 166 cm³/mol. The van der Waals surface area contributed by atoms with E-state index in [4.69, 9.17) is 16.3 Å². The molecule has 0 unspecified atom stereocenters. The SMILES string of the molecule is CC(=O)N1CCCCCCCN(C(=O)c2cc(N3CCCCC3)ccc2Cl)Cc2ccc(CN3CCOCC3)cc21. The Bertz CT molecular complexity index is 1190. The van der Waals surface area contributed by atoms with E-state index in [2.05, 4.69) is 28.0 Å². The molecular formula is C33H45ClN4O3. The number of rotatable bonds is 4. The van der Waals surface area contributed by atoms with Gasteiger partial charge in [0.2, 0.25) is 5.91 Å². The fourth-order valence-corrected chi connectivity index (χ4v) is 6.51. The van der Waals surface area contributed by atoms with Crippen LogP contribution in [0.1, 0.15) is 79.8 Å². The Hall–Kier alpha value is -2.61. The van der Waals surface area contributed by atoms with Gasteiger partial charge in [-0.1, -0.05) is 43.0 Å². The highest BCUT2D eigenvalue weighted by atomic mass is 35.5. The van der Waals surface area contributed by atoms with E-state index in [0.717, 1.165) is 95.0 Å². The number of ether oxygens (including phenoxy) is 1. The van der Waals surface area contributed by atoms with Crippen LogP contribution in [0.5, 0.6) is 0 Å². The number of hydrogen-bond donors (Lipinski definition) is 0. The second-order valence-electron chi connectivity index (χ2n) is 11.7. The van der Waals surface area contributed by atoms with E-state index in [0.29, 0.717) is 30.2 Å². The van der Waals surface area contributed by atoms with Crippen molar-refractivity contribution in [3.8, 4) is 0 Å². The lowest BCUT2D eigenvalue weighted by atomic mass is 10.0. The van der Waals surface area contributed by atoms with E-state index in [1.807, 2.05) is 28.0 Å². The lowest BCUT2D eigenvalue weighted by Crippen LogP contribution is -2.36. The minimum atomic E-state index is -0.0383. The van der Waals surface area contributed by atoms with Crippen molar-refractivity contribution in [1.29, 1.82) is 0 Å². The van der Waals surface area contributed by atoms with Crippen LogP contribution in [0.4, 0.5) is 11.4 Å². The molecule has 8 heteroatoms. The zero-order valence-electron chi connectivity index (χ0n) is 24.6. The molecule has 2 saturated heterocycles. The van der Waals surface area contributed by atoms with Crippen molar-refractivity contribution in [2.75, 3.05) is 62.3 Å². The minimum Gasteiger partial charge on any atom is -0.379 e. The molecule has 3 heterocycles. The largest absolute Gasteiger partial charge is 0.379 e. The molecule has 5 rings (SSSR count). The molecule has 2 amide bonds. The number of morpholine rings is 1. The summed E-state index contributed by atoms with van der Waals surface area (Å²) in [4.78, 5) is 35.7. The number of nitrogens with zero attached hydrogens (tertiary/aromatic N) is 4. The number of halogens is 1. The van der Waals surface area contributed by atoms with Gasteiger partial charge >= 0.3 is 0 Å². The summed E-state index contributed by atoms with van der Waals surface area (Å²) in [6.07, 6.45) is 8.78. The summed E-state index contributed by atoms with van der Waals surface area (Å²) in [6, 6.07) is 12.4. The number of benzene rings is 2. The van der Waals surface area contributed by atoms with Gasteiger partial charge in [-0.25, -0.2) is 0 Å². The third-order valence-corrected chi connectivity index (χ3v) is 9.02. The van der Waals surface area contributed by atoms with E-state index >= 15 is 0 Å². The van der Waals surface area contributed by atoms with E-state index in [-0.39, 0.29) is 11.8 Å². The van der Waals surface area contributed by atoms with Crippen LogP contribution in [-0.4, -0.2) is 74.1 Å². The van der Waals surface area contributed by atoms with Gasteiger partial charge in [0.15, 0.2) is 0 Å². The Morgan fingerprint density at radius 1 is 0.805 bits per heavy atom. The van der Waals surface area contributed by atoms with Gasteiger partial charge in [-0.15, -0.1) is 0 Å². The summed E-state index contributed by atoms with van der Waals surface area (Å²) >= 11 is 6.67.